The molecule has 110 valence electrons. The number of aryl methyl sites for hydroxylation is 1. The lowest BCUT2D eigenvalue weighted by Gasteiger charge is -2.11. The number of hydrogen-bond donors (Lipinski definition) is 2. The maximum absolute atomic E-state index is 12.1. The Labute approximate surface area is 125 Å². The zero-order valence-electron chi connectivity index (χ0n) is 11.7. The summed E-state index contributed by atoms with van der Waals surface area (Å²) >= 11 is 1.55. The Morgan fingerprint density at radius 1 is 1.48 bits per heavy atom. The Morgan fingerprint density at radius 2 is 2.24 bits per heavy atom. The lowest BCUT2D eigenvalue weighted by atomic mass is 10.2. The Kier molecular flexibility index (Phi) is 4.64. The molecule has 0 radical (unpaired) electrons. The molecule has 7 heteroatoms. The second-order valence-electron chi connectivity index (χ2n) is 4.45. The number of amides is 1. The van der Waals surface area contributed by atoms with Crippen molar-refractivity contribution < 1.29 is 14.7 Å². The second kappa shape index (κ2) is 6.45. The number of carboxylic acids is 1. The fraction of sp³-hybridized carbons (Fsp3) is 0.286. The number of carbonyl (C=O) groups excluding carboxylic acids is 1. The van der Waals surface area contributed by atoms with E-state index in [2.05, 4.69) is 15.3 Å². The lowest BCUT2D eigenvalue weighted by Crippen LogP contribution is -2.27. The van der Waals surface area contributed by atoms with Crippen LogP contribution in [-0.4, -0.2) is 27.0 Å². The minimum Gasteiger partial charge on any atom is -0.478 e. The molecule has 0 aromatic carbocycles. The van der Waals surface area contributed by atoms with E-state index in [0.29, 0.717) is 0 Å². The van der Waals surface area contributed by atoms with Crippen molar-refractivity contribution in [3.63, 3.8) is 0 Å². The van der Waals surface area contributed by atoms with E-state index in [-0.39, 0.29) is 17.3 Å². The molecule has 2 rings (SSSR count). The van der Waals surface area contributed by atoms with Crippen molar-refractivity contribution in [1.82, 2.24) is 15.3 Å². The first-order valence-electron chi connectivity index (χ1n) is 6.45. The van der Waals surface area contributed by atoms with Crippen LogP contribution in [0.25, 0.3) is 0 Å². The van der Waals surface area contributed by atoms with E-state index in [1.54, 1.807) is 11.3 Å². The minimum absolute atomic E-state index is 0.0322. The van der Waals surface area contributed by atoms with Gasteiger partial charge in [-0.3, -0.25) is 9.78 Å². The predicted octanol–water partition coefficient (Wildman–Crippen LogP) is 2.29. The number of nitrogens with zero attached hydrogens (tertiary/aromatic N) is 2. The van der Waals surface area contributed by atoms with E-state index in [4.69, 9.17) is 5.11 Å². The van der Waals surface area contributed by atoms with Crippen LogP contribution in [-0.2, 0) is 6.42 Å². The highest BCUT2D eigenvalue weighted by Gasteiger charge is 2.16. The van der Waals surface area contributed by atoms with Crippen LogP contribution >= 0.6 is 11.3 Å². The van der Waals surface area contributed by atoms with E-state index in [9.17, 15) is 9.59 Å². The highest BCUT2D eigenvalue weighted by molar-refractivity contribution is 7.09. The maximum atomic E-state index is 12.1. The van der Waals surface area contributed by atoms with Crippen molar-refractivity contribution in [2.75, 3.05) is 0 Å². The fourth-order valence-corrected chi connectivity index (χ4v) is 2.56. The Hall–Kier alpha value is -2.28. The number of aromatic carboxylic acids is 1. The molecule has 2 heterocycles. The summed E-state index contributed by atoms with van der Waals surface area (Å²) in [4.78, 5) is 31.3. The number of thiazole rings is 1. The van der Waals surface area contributed by atoms with Crippen LogP contribution in [0.15, 0.2) is 23.7 Å². The summed E-state index contributed by atoms with van der Waals surface area (Å²) in [7, 11) is 0. The lowest BCUT2D eigenvalue weighted by molar-refractivity contribution is 0.0696. The number of nitrogens with one attached hydrogen (secondary N) is 1. The van der Waals surface area contributed by atoms with Gasteiger partial charge in [0.2, 0.25) is 0 Å². The van der Waals surface area contributed by atoms with Crippen LogP contribution in [0.1, 0.15) is 51.4 Å². The van der Waals surface area contributed by atoms with Gasteiger partial charge in [-0.1, -0.05) is 6.92 Å². The van der Waals surface area contributed by atoms with E-state index >= 15 is 0 Å². The van der Waals surface area contributed by atoms with Crippen molar-refractivity contribution >= 4 is 23.2 Å². The number of pyridine rings is 1. The highest BCUT2D eigenvalue weighted by Crippen LogP contribution is 2.17. The molecule has 0 saturated heterocycles. The molecule has 6 nitrogen and oxygen atoms in total. The molecule has 0 aliphatic rings. The molecule has 0 fully saturated rings. The standard InChI is InChI=1S/C14H15N3O3S/c1-3-12-17-11(7-21-12)8(2)16-13(18)10-6-9(14(19)20)4-5-15-10/h4-8H,3H2,1-2H3,(H,16,18)(H,19,20). The van der Waals surface area contributed by atoms with Crippen molar-refractivity contribution in [1.29, 1.82) is 0 Å². The van der Waals surface area contributed by atoms with Crippen LogP contribution in [0, 0.1) is 0 Å². The Balaban J connectivity index is 2.10. The molecular weight excluding hydrogens is 290 g/mol. The number of hydrogen-bond acceptors (Lipinski definition) is 5. The monoisotopic (exact) mass is 305 g/mol. The smallest absolute Gasteiger partial charge is 0.335 e. The van der Waals surface area contributed by atoms with Gasteiger partial charge in [0, 0.05) is 11.6 Å². The third-order valence-electron chi connectivity index (χ3n) is 2.90. The molecule has 0 bridgehead atoms. The van der Waals surface area contributed by atoms with E-state index in [0.717, 1.165) is 17.1 Å². The first-order valence-corrected chi connectivity index (χ1v) is 7.33. The zero-order chi connectivity index (χ0) is 15.4. The SMILES string of the molecule is CCc1nc(C(C)NC(=O)c2cc(C(=O)O)ccn2)cs1. The first-order chi connectivity index (χ1) is 10.0. The van der Waals surface area contributed by atoms with Gasteiger partial charge in [0.15, 0.2) is 0 Å². The second-order valence-corrected chi connectivity index (χ2v) is 5.39. The third kappa shape index (κ3) is 3.63. The van der Waals surface area contributed by atoms with Crippen LogP contribution in [0.5, 0.6) is 0 Å². The van der Waals surface area contributed by atoms with Crippen molar-refractivity contribution in [2.45, 2.75) is 26.3 Å². The Morgan fingerprint density at radius 3 is 2.86 bits per heavy atom. The van der Waals surface area contributed by atoms with Crippen molar-refractivity contribution in [3.8, 4) is 0 Å². The molecule has 2 aromatic rings. The van der Waals surface area contributed by atoms with Gasteiger partial charge in [-0.05, 0) is 25.5 Å². The third-order valence-corrected chi connectivity index (χ3v) is 3.91. The van der Waals surface area contributed by atoms with E-state index < -0.39 is 11.9 Å². The van der Waals surface area contributed by atoms with Crippen LogP contribution < -0.4 is 5.32 Å². The normalized spacial score (nSPS) is 11.9. The number of aromatic nitrogens is 2. The van der Waals surface area contributed by atoms with Gasteiger partial charge < -0.3 is 10.4 Å². The number of rotatable bonds is 5. The summed E-state index contributed by atoms with van der Waals surface area (Å²) < 4.78 is 0. The zero-order valence-corrected chi connectivity index (χ0v) is 12.5. The largest absolute Gasteiger partial charge is 0.478 e. The minimum atomic E-state index is -1.09. The molecule has 2 aromatic heterocycles. The molecule has 0 aliphatic heterocycles. The highest BCUT2D eigenvalue weighted by atomic mass is 32.1. The summed E-state index contributed by atoms with van der Waals surface area (Å²) in [5.41, 5.74) is 0.900. The van der Waals surface area contributed by atoms with Crippen LogP contribution in [0.2, 0.25) is 0 Å². The van der Waals surface area contributed by atoms with Crippen LogP contribution in [0.3, 0.4) is 0 Å². The fourth-order valence-electron chi connectivity index (χ4n) is 1.72. The van der Waals surface area contributed by atoms with E-state index in [1.807, 2.05) is 19.2 Å². The molecule has 0 spiro atoms. The predicted molar refractivity (Wildman–Crippen MR) is 78.6 cm³/mol. The number of carboxylic acid groups (broad SMARTS) is 1. The van der Waals surface area contributed by atoms with Crippen molar-refractivity contribution in [2.24, 2.45) is 0 Å². The maximum Gasteiger partial charge on any atom is 0.335 e. The van der Waals surface area contributed by atoms with Gasteiger partial charge in [0.05, 0.1) is 22.3 Å². The van der Waals surface area contributed by atoms with Gasteiger partial charge in [-0.15, -0.1) is 11.3 Å². The average Bonchev–Trinajstić information content (AvgIpc) is 2.96. The van der Waals surface area contributed by atoms with Gasteiger partial charge >= 0.3 is 5.97 Å². The molecule has 1 amide bonds. The average molecular weight is 305 g/mol. The molecule has 1 unspecified atom stereocenters. The van der Waals surface area contributed by atoms with Gasteiger partial charge in [-0.25, -0.2) is 9.78 Å². The molecule has 0 saturated carbocycles. The molecular formula is C14H15N3O3S. The summed E-state index contributed by atoms with van der Waals surface area (Å²) in [6.45, 7) is 3.85. The molecule has 21 heavy (non-hydrogen) atoms. The van der Waals surface area contributed by atoms with Gasteiger partial charge in [0.1, 0.15) is 5.69 Å². The Bertz CT molecular complexity index is 669. The summed E-state index contributed by atoms with van der Waals surface area (Å²) in [6.07, 6.45) is 2.16. The van der Waals surface area contributed by atoms with E-state index in [1.165, 1.54) is 18.3 Å². The summed E-state index contributed by atoms with van der Waals surface area (Å²) in [5, 5.41) is 14.6. The quantitative estimate of drug-likeness (QED) is 0.884. The number of carbonyl (C=O) groups is 2. The molecule has 2 N–H and O–H groups in total. The van der Waals surface area contributed by atoms with Gasteiger partial charge in [-0.2, -0.15) is 0 Å². The molecule has 0 aliphatic carbocycles. The van der Waals surface area contributed by atoms with Crippen molar-refractivity contribution in [3.05, 3.63) is 45.7 Å². The molecule has 1 atom stereocenters. The topological polar surface area (TPSA) is 92.2 Å². The van der Waals surface area contributed by atoms with Crippen LogP contribution in [0.4, 0.5) is 0 Å². The summed E-state index contributed by atoms with van der Waals surface area (Å²) in [5.74, 6) is -1.51. The summed E-state index contributed by atoms with van der Waals surface area (Å²) in [6, 6.07) is 2.34. The van der Waals surface area contributed by atoms with Gasteiger partial charge in [0.25, 0.3) is 5.91 Å². The first kappa shape index (κ1) is 15.1.